The van der Waals surface area contributed by atoms with Crippen molar-refractivity contribution >= 4 is 43.1 Å². The van der Waals surface area contributed by atoms with E-state index in [-0.39, 0.29) is 0 Å². The summed E-state index contributed by atoms with van der Waals surface area (Å²) < 4.78 is 0. The van der Waals surface area contributed by atoms with Gasteiger partial charge in [0.15, 0.2) is 0 Å². The van der Waals surface area contributed by atoms with Gasteiger partial charge in [0.05, 0.1) is 11.6 Å². The maximum atomic E-state index is 11.0. The molecule has 304 valence electrons. The number of hydrogen-bond donors (Lipinski definition) is 0. The molecule has 0 aliphatic heterocycles. The van der Waals surface area contributed by atoms with Crippen molar-refractivity contribution in [2.75, 3.05) is 0 Å². The minimum Gasteiger partial charge on any atom is -0.192 e. The smallest absolute Gasteiger partial charge is 0.0998 e. The van der Waals surface area contributed by atoms with Crippen LogP contribution >= 0.6 is 0 Å². The average molecular weight is 834 g/mol. The first kappa shape index (κ1) is 37.7. The van der Waals surface area contributed by atoms with E-state index in [9.17, 15) is 5.26 Å². The highest BCUT2D eigenvalue weighted by Crippen LogP contribution is 2.58. The lowest BCUT2D eigenvalue weighted by Gasteiger charge is -2.20. The van der Waals surface area contributed by atoms with E-state index in [0.29, 0.717) is 5.56 Å². The summed E-state index contributed by atoms with van der Waals surface area (Å²) in [4.78, 5) is 0. The summed E-state index contributed by atoms with van der Waals surface area (Å²) in [6, 6.07) is 88.0. The Morgan fingerprint density at radius 1 is 0.227 bits per heavy atom. The van der Waals surface area contributed by atoms with E-state index in [1.165, 1.54) is 104 Å². The molecule has 12 aromatic rings. The number of hydrogen-bond acceptors (Lipinski definition) is 1. The van der Waals surface area contributed by atoms with Gasteiger partial charge in [0.1, 0.15) is 0 Å². The van der Waals surface area contributed by atoms with Gasteiger partial charge in [-0.1, -0.05) is 224 Å². The zero-order valence-corrected chi connectivity index (χ0v) is 36.0. The zero-order valence-electron chi connectivity index (χ0n) is 36.0. The van der Waals surface area contributed by atoms with E-state index < -0.39 is 0 Å². The van der Waals surface area contributed by atoms with E-state index in [1.54, 1.807) is 0 Å². The standard InChI is InChI=1S/C65H39N/c66-40-47-38-45(46-33-35-55-58(39-46)60(42-20-7-2-8-21-42)52-27-14-13-26-51(52)59(55)41-18-5-1-6-19-41)32-34-48(47)49-36-37-57-63-50(49)30-17-31-56(63)64-61(43-22-9-3-10-23-43)53-28-15-16-29-54(53)62(65(57)64)44-24-11-4-12-25-44/h1-39H. The number of benzene rings is 12. The second kappa shape index (κ2) is 15.2. The third kappa shape index (κ3) is 5.72. The van der Waals surface area contributed by atoms with Crippen LogP contribution in [0, 0.1) is 11.3 Å². The van der Waals surface area contributed by atoms with Crippen molar-refractivity contribution in [3.05, 3.63) is 242 Å². The van der Waals surface area contributed by atoms with E-state index in [4.69, 9.17) is 0 Å². The van der Waals surface area contributed by atoms with Crippen molar-refractivity contribution in [3.63, 3.8) is 0 Å². The molecule has 1 nitrogen and oxygen atoms in total. The lowest BCUT2D eigenvalue weighted by molar-refractivity contribution is 1.48. The van der Waals surface area contributed by atoms with Crippen molar-refractivity contribution in [1.29, 1.82) is 5.26 Å². The molecule has 0 saturated carbocycles. The lowest BCUT2D eigenvalue weighted by Crippen LogP contribution is -1.93. The van der Waals surface area contributed by atoms with Gasteiger partial charge in [-0.15, -0.1) is 0 Å². The molecule has 0 radical (unpaired) electrons. The van der Waals surface area contributed by atoms with E-state index >= 15 is 0 Å². The molecule has 12 aromatic carbocycles. The fourth-order valence-corrected chi connectivity index (χ4v) is 11.1. The van der Waals surface area contributed by atoms with Crippen LogP contribution in [0.3, 0.4) is 0 Å². The van der Waals surface area contributed by atoms with Gasteiger partial charge in [-0.05, 0) is 139 Å². The van der Waals surface area contributed by atoms with Crippen LogP contribution in [-0.2, 0) is 0 Å². The van der Waals surface area contributed by atoms with Gasteiger partial charge in [0.25, 0.3) is 0 Å². The van der Waals surface area contributed by atoms with Crippen LogP contribution in [0.4, 0.5) is 0 Å². The maximum Gasteiger partial charge on any atom is 0.0998 e. The summed E-state index contributed by atoms with van der Waals surface area (Å²) in [5, 5.41) is 20.7. The molecule has 0 heterocycles. The Hall–Kier alpha value is -8.83. The number of rotatable bonds is 6. The molecule has 0 fully saturated rings. The van der Waals surface area contributed by atoms with E-state index in [2.05, 4.69) is 243 Å². The largest absolute Gasteiger partial charge is 0.192 e. The summed E-state index contributed by atoms with van der Waals surface area (Å²) in [5.41, 5.74) is 19.4. The van der Waals surface area contributed by atoms with Gasteiger partial charge in [0.2, 0.25) is 0 Å². The van der Waals surface area contributed by atoms with Crippen LogP contribution in [0.5, 0.6) is 0 Å². The fraction of sp³-hybridized carbons (Fsp3) is 0. The van der Waals surface area contributed by atoms with Crippen molar-refractivity contribution in [2.45, 2.75) is 0 Å². The molecule has 0 spiro atoms. The van der Waals surface area contributed by atoms with Crippen LogP contribution in [0.1, 0.15) is 5.56 Å². The average Bonchev–Trinajstić information content (AvgIpc) is 3.72. The summed E-state index contributed by atoms with van der Waals surface area (Å²) in [6.07, 6.45) is 0. The SMILES string of the molecule is N#Cc1cc(-c2ccc3c(-c4ccccc4)c4ccccc4c(-c4ccccc4)c3c2)ccc1-c1ccc2c3c(cccc13)-c1c-2c(-c2ccccc2)c2ccccc2c1-c1ccccc1. The lowest BCUT2D eigenvalue weighted by atomic mass is 9.82. The molecule has 1 heteroatoms. The molecule has 0 amide bonds. The van der Waals surface area contributed by atoms with Gasteiger partial charge in [-0.25, -0.2) is 0 Å². The predicted molar refractivity (Wildman–Crippen MR) is 278 cm³/mol. The number of fused-ring (bicyclic) bond motifs is 6. The molecule has 0 bridgehead atoms. The first-order chi connectivity index (χ1) is 32.7. The topological polar surface area (TPSA) is 23.8 Å². The summed E-state index contributed by atoms with van der Waals surface area (Å²) in [7, 11) is 0. The zero-order chi connectivity index (χ0) is 43.7. The molecule has 13 rings (SSSR count). The van der Waals surface area contributed by atoms with Crippen LogP contribution < -0.4 is 0 Å². The highest BCUT2D eigenvalue weighted by Gasteiger charge is 2.31. The van der Waals surface area contributed by atoms with Gasteiger partial charge < -0.3 is 0 Å². The molecular formula is C65H39N. The van der Waals surface area contributed by atoms with E-state index in [0.717, 1.165) is 27.6 Å². The highest BCUT2D eigenvalue weighted by molar-refractivity contribution is 6.29. The fourth-order valence-electron chi connectivity index (χ4n) is 11.1. The van der Waals surface area contributed by atoms with Crippen molar-refractivity contribution in [3.8, 4) is 95.1 Å². The highest BCUT2D eigenvalue weighted by atomic mass is 14.3. The Balaban J connectivity index is 1.01. The van der Waals surface area contributed by atoms with Crippen LogP contribution in [0.2, 0.25) is 0 Å². The molecule has 1 aliphatic carbocycles. The normalized spacial score (nSPS) is 11.6. The molecule has 0 atom stereocenters. The molecule has 0 N–H and O–H groups in total. The van der Waals surface area contributed by atoms with Gasteiger partial charge in [-0.3, -0.25) is 0 Å². The number of nitriles is 1. The second-order valence-corrected chi connectivity index (χ2v) is 17.3. The second-order valence-electron chi connectivity index (χ2n) is 17.3. The minimum absolute atomic E-state index is 0.649. The summed E-state index contributed by atoms with van der Waals surface area (Å²) >= 11 is 0. The van der Waals surface area contributed by atoms with Crippen LogP contribution in [-0.4, -0.2) is 0 Å². The predicted octanol–water partition coefficient (Wildman–Crippen LogP) is 17.8. The third-order valence-corrected chi connectivity index (χ3v) is 13.8. The minimum atomic E-state index is 0.649. The van der Waals surface area contributed by atoms with Gasteiger partial charge in [0, 0.05) is 5.56 Å². The van der Waals surface area contributed by atoms with Crippen molar-refractivity contribution in [1.82, 2.24) is 0 Å². The third-order valence-electron chi connectivity index (χ3n) is 13.8. The van der Waals surface area contributed by atoms with Crippen LogP contribution in [0.15, 0.2) is 237 Å². The van der Waals surface area contributed by atoms with E-state index in [1.807, 2.05) is 0 Å². The number of nitrogens with zero attached hydrogens (tertiary/aromatic N) is 1. The Morgan fingerprint density at radius 2 is 0.606 bits per heavy atom. The molecule has 1 aliphatic rings. The monoisotopic (exact) mass is 833 g/mol. The summed E-state index contributed by atoms with van der Waals surface area (Å²) in [5.74, 6) is 0. The first-order valence-electron chi connectivity index (χ1n) is 22.7. The Bertz CT molecular complexity index is 3860. The van der Waals surface area contributed by atoms with Crippen molar-refractivity contribution in [2.24, 2.45) is 0 Å². The first-order valence-corrected chi connectivity index (χ1v) is 22.7. The molecule has 66 heavy (non-hydrogen) atoms. The Labute approximate surface area is 383 Å². The molecule has 0 saturated heterocycles. The Morgan fingerprint density at radius 3 is 1.14 bits per heavy atom. The molecular weight excluding hydrogens is 795 g/mol. The van der Waals surface area contributed by atoms with Gasteiger partial charge in [-0.2, -0.15) is 5.26 Å². The maximum absolute atomic E-state index is 11.0. The van der Waals surface area contributed by atoms with Gasteiger partial charge >= 0.3 is 0 Å². The molecule has 0 unspecified atom stereocenters. The Kier molecular flexibility index (Phi) is 8.66. The quantitative estimate of drug-likeness (QED) is 0.153. The molecule has 0 aromatic heterocycles. The van der Waals surface area contributed by atoms with Crippen molar-refractivity contribution < 1.29 is 0 Å². The van der Waals surface area contributed by atoms with Crippen LogP contribution in [0.25, 0.3) is 132 Å². The summed E-state index contributed by atoms with van der Waals surface area (Å²) in [6.45, 7) is 0.